The molecule has 1 N–H and O–H groups in total. The average molecular weight is 180 g/mol. The van der Waals surface area contributed by atoms with Gasteiger partial charge in [0.2, 0.25) is 0 Å². The molecule has 0 unspecified atom stereocenters. The van der Waals surface area contributed by atoms with Gasteiger partial charge < -0.3 is 10.1 Å². The van der Waals surface area contributed by atoms with E-state index in [4.69, 9.17) is 4.74 Å². The van der Waals surface area contributed by atoms with Gasteiger partial charge in [-0.3, -0.25) is 9.78 Å². The number of nitrogens with one attached hydrogen (secondary N) is 1. The summed E-state index contributed by atoms with van der Waals surface area (Å²) in [5, 5.41) is 2.91. The molecule has 0 saturated carbocycles. The van der Waals surface area contributed by atoms with Gasteiger partial charge in [0, 0.05) is 18.1 Å². The van der Waals surface area contributed by atoms with Gasteiger partial charge >= 0.3 is 5.97 Å². The zero-order valence-corrected chi connectivity index (χ0v) is 7.49. The summed E-state index contributed by atoms with van der Waals surface area (Å²) >= 11 is 0. The fraction of sp³-hybridized carbons (Fsp3) is 0.333. The maximum Gasteiger partial charge on any atom is 0.325 e. The molecular formula is C9H12N2O2. The number of esters is 1. The van der Waals surface area contributed by atoms with Crippen LogP contribution in [0.4, 0.5) is 5.69 Å². The molecule has 1 heterocycles. The van der Waals surface area contributed by atoms with Crippen LogP contribution in [0.1, 0.15) is 6.92 Å². The maximum atomic E-state index is 10.9. The van der Waals surface area contributed by atoms with Crippen LogP contribution < -0.4 is 5.32 Å². The first-order valence-corrected chi connectivity index (χ1v) is 4.12. The predicted molar refractivity (Wildman–Crippen MR) is 49.4 cm³/mol. The number of hydrogen-bond donors (Lipinski definition) is 1. The minimum atomic E-state index is -0.251. The third-order valence-corrected chi connectivity index (χ3v) is 1.42. The normalized spacial score (nSPS) is 9.31. The summed E-state index contributed by atoms with van der Waals surface area (Å²) in [6.45, 7) is 2.39. The number of pyridine rings is 1. The Morgan fingerprint density at radius 3 is 2.85 bits per heavy atom. The standard InChI is InChI=1S/C9H12N2O2/c1-2-13-9(12)7-11-8-3-5-10-6-4-8/h3-6H,2,7H2,1H3,(H,10,11). The Bertz CT molecular complexity index is 262. The van der Waals surface area contributed by atoms with E-state index in [0.29, 0.717) is 6.61 Å². The monoisotopic (exact) mass is 180 g/mol. The van der Waals surface area contributed by atoms with E-state index in [0.717, 1.165) is 5.69 Å². The van der Waals surface area contributed by atoms with Crippen LogP contribution in [-0.2, 0) is 9.53 Å². The molecule has 0 atom stereocenters. The van der Waals surface area contributed by atoms with E-state index >= 15 is 0 Å². The largest absolute Gasteiger partial charge is 0.465 e. The minimum Gasteiger partial charge on any atom is -0.465 e. The highest BCUT2D eigenvalue weighted by Gasteiger charge is 1.99. The van der Waals surface area contributed by atoms with Crippen molar-refractivity contribution in [2.24, 2.45) is 0 Å². The van der Waals surface area contributed by atoms with Gasteiger partial charge in [0.25, 0.3) is 0 Å². The molecule has 0 aliphatic heterocycles. The van der Waals surface area contributed by atoms with Crippen molar-refractivity contribution in [2.45, 2.75) is 6.92 Å². The molecule has 4 nitrogen and oxygen atoms in total. The van der Waals surface area contributed by atoms with Gasteiger partial charge in [-0.2, -0.15) is 0 Å². The van der Waals surface area contributed by atoms with Gasteiger partial charge in [-0.15, -0.1) is 0 Å². The lowest BCUT2D eigenvalue weighted by molar-refractivity contribution is -0.140. The molecule has 0 bridgehead atoms. The lowest BCUT2D eigenvalue weighted by Gasteiger charge is -2.04. The first-order valence-electron chi connectivity index (χ1n) is 4.12. The first-order chi connectivity index (χ1) is 6.33. The third kappa shape index (κ3) is 3.55. The summed E-state index contributed by atoms with van der Waals surface area (Å²) in [6, 6.07) is 3.58. The Hall–Kier alpha value is -1.58. The van der Waals surface area contributed by atoms with Crippen LogP contribution in [-0.4, -0.2) is 24.1 Å². The SMILES string of the molecule is CCOC(=O)CNc1ccncc1. The van der Waals surface area contributed by atoms with Crippen molar-refractivity contribution in [2.75, 3.05) is 18.5 Å². The third-order valence-electron chi connectivity index (χ3n) is 1.42. The molecule has 1 aromatic rings. The van der Waals surface area contributed by atoms with E-state index in [1.54, 1.807) is 31.5 Å². The van der Waals surface area contributed by atoms with Crippen molar-refractivity contribution in [3.63, 3.8) is 0 Å². The van der Waals surface area contributed by atoms with Crippen molar-refractivity contribution >= 4 is 11.7 Å². The van der Waals surface area contributed by atoms with Gasteiger partial charge in [-0.25, -0.2) is 0 Å². The topological polar surface area (TPSA) is 51.2 Å². The van der Waals surface area contributed by atoms with E-state index in [-0.39, 0.29) is 12.5 Å². The quantitative estimate of drug-likeness (QED) is 0.704. The number of rotatable bonds is 4. The molecule has 0 aliphatic rings. The summed E-state index contributed by atoms with van der Waals surface area (Å²) in [7, 11) is 0. The molecule has 0 spiro atoms. The highest BCUT2D eigenvalue weighted by atomic mass is 16.5. The fourth-order valence-electron chi connectivity index (χ4n) is 0.856. The Morgan fingerprint density at radius 2 is 2.23 bits per heavy atom. The second-order valence-electron chi connectivity index (χ2n) is 2.39. The zero-order chi connectivity index (χ0) is 9.52. The van der Waals surface area contributed by atoms with Gasteiger partial charge in [0.05, 0.1) is 6.61 Å². The van der Waals surface area contributed by atoms with Crippen molar-refractivity contribution < 1.29 is 9.53 Å². The number of carbonyl (C=O) groups excluding carboxylic acids is 1. The number of nitrogens with zero attached hydrogens (tertiary/aromatic N) is 1. The number of carbonyl (C=O) groups is 1. The number of ether oxygens (including phenoxy) is 1. The first kappa shape index (κ1) is 9.51. The number of hydrogen-bond acceptors (Lipinski definition) is 4. The summed E-state index contributed by atoms with van der Waals surface area (Å²) in [5.41, 5.74) is 0.864. The smallest absolute Gasteiger partial charge is 0.325 e. The Balaban J connectivity index is 2.31. The van der Waals surface area contributed by atoms with Gasteiger partial charge in [0.15, 0.2) is 0 Å². The van der Waals surface area contributed by atoms with E-state index in [2.05, 4.69) is 10.3 Å². The number of anilines is 1. The molecule has 0 aliphatic carbocycles. The molecule has 0 aromatic carbocycles. The molecule has 0 radical (unpaired) electrons. The van der Waals surface area contributed by atoms with Crippen molar-refractivity contribution in [3.8, 4) is 0 Å². The average Bonchev–Trinajstić information content (AvgIpc) is 2.17. The molecule has 0 amide bonds. The molecular weight excluding hydrogens is 168 g/mol. The molecule has 1 aromatic heterocycles. The van der Waals surface area contributed by atoms with Crippen LogP contribution in [0.15, 0.2) is 24.5 Å². The van der Waals surface area contributed by atoms with Crippen LogP contribution in [0.3, 0.4) is 0 Å². The van der Waals surface area contributed by atoms with Gasteiger partial charge in [-0.05, 0) is 19.1 Å². The van der Waals surface area contributed by atoms with Crippen LogP contribution in [0.25, 0.3) is 0 Å². The van der Waals surface area contributed by atoms with Crippen LogP contribution in [0, 0.1) is 0 Å². The van der Waals surface area contributed by atoms with Crippen LogP contribution in [0.5, 0.6) is 0 Å². The van der Waals surface area contributed by atoms with E-state index in [1.165, 1.54) is 0 Å². The Kier molecular flexibility index (Phi) is 3.75. The lowest BCUT2D eigenvalue weighted by atomic mass is 10.4. The molecule has 4 heteroatoms. The van der Waals surface area contributed by atoms with E-state index in [1.807, 2.05) is 0 Å². The second-order valence-corrected chi connectivity index (χ2v) is 2.39. The minimum absolute atomic E-state index is 0.192. The molecule has 0 fully saturated rings. The maximum absolute atomic E-state index is 10.9. The predicted octanol–water partition coefficient (Wildman–Crippen LogP) is 1.06. The van der Waals surface area contributed by atoms with Gasteiger partial charge in [0.1, 0.15) is 6.54 Å². The highest BCUT2D eigenvalue weighted by Crippen LogP contribution is 2.01. The molecule has 0 saturated heterocycles. The second kappa shape index (κ2) is 5.13. The molecule has 70 valence electrons. The summed E-state index contributed by atoms with van der Waals surface area (Å²) in [6.07, 6.45) is 3.32. The molecule has 13 heavy (non-hydrogen) atoms. The van der Waals surface area contributed by atoms with Crippen LogP contribution >= 0.6 is 0 Å². The summed E-state index contributed by atoms with van der Waals surface area (Å²) < 4.78 is 4.75. The van der Waals surface area contributed by atoms with Crippen LogP contribution in [0.2, 0.25) is 0 Å². The zero-order valence-electron chi connectivity index (χ0n) is 7.49. The van der Waals surface area contributed by atoms with E-state index < -0.39 is 0 Å². The number of aromatic nitrogens is 1. The van der Waals surface area contributed by atoms with Crippen molar-refractivity contribution in [3.05, 3.63) is 24.5 Å². The molecule has 1 rings (SSSR count). The summed E-state index contributed by atoms with van der Waals surface area (Å²) in [4.78, 5) is 14.8. The van der Waals surface area contributed by atoms with Crippen molar-refractivity contribution in [1.29, 1.82) is 0 Å². The Labute approximate surface area is 76.9 Å². The van der Waals surface area contributed by atoms with Gasteiger partial charge in [-0.1, -0.05) is 0 Å². The lowest BCUT2D eigenvalue weighted by Crippen LogP contribution is -2.16. The fourth-order valence-corrected chi connectivity index (χ4v) is 0.856. The Morgan fingerprint density at radius 1 is 1.54 bits per heavy atom. The summed E-state index contributed by atoms with van der Waals surface area (Å²) in [5.74, 6) is -0.251. The van der Waals surface area contributed by atoms with Crippen molar-refractivity contribution in [1.82, 2.24) is 4.98 Å². The van der Waals surface area contributed by atoms with E-state index in [9.17, 15) is 4.79 Å². The highest BCUT2D eigenvalue weighted by molar-refractivity contribution is 5.74.